The number of hydrogen-bond donors (Lipinski definition) is 0. The van der Waals surface area contributed by atoms with Gasteiger partial charge in [0.15, 0.2) is 9.04 Å². The highest BCUT2D eigenvalue weighted by atomic mass is 28.4. The molecule has 0 aliphatic carbocycles. The topological polar surface area (TPSA) is 35.5 Å². The minimum Gasteiger partial charge on any atom is -0.492 e. The molecule has 1 unspecified atom stereocenters. The second kappa shape index (κ2) is 6.24. The lowest BCUT2D eigenvalue weighted by atomic mass is 10.4. The number of rotatable bonds is 6. The molecule has 0 aliphatic heterocycles. The molecular weight excluding hydrogens is 224 g/mol. The molecule has 5 heteroatoms. The van der Waals surface area contributed by atoms with E-state index in [0.717, 1.165) is 12.5 Å². The Hall–Kier alpha value is -0.396. The Bertz CT molecular complexity index is 241. The van der Waals surface area contributed by atoms with E-state index < -0.39 is 17.6 Å². The van der Waals surface area contributed by atoms with Crippen molar-refractivity contribution in [3.05, 3.63) is 12.2 Å². The summed E-state index contributed by atoms with van der Waals surface area (Å²) in [6.45, 7) is 13.5. The van der Waals surface area contributed by atoms with Crippen LogP contribution in [0.25, 0.3) is 0 Å². The van der Waals surface area contributed by atoms with Crippen molar-refractivity contribution in [2.24, 2.45) is 0 Å². The van der Waals surface area contributed by atoms with E-state index in [9.17, 15) is 4.79 Å². The molecule has 15 heavy (non-hydrogen) atoms. The van der Waals surface area contributed by atoms with Gasteiger partial charge in [-0.3, -0.25) is 0 Å². The summed E-state index contributed by atoms with van der Waals surface area (Å²) in [5.74, 6) is -0.313. The van der Waals surface area contributed by atoms with Crippen molar-refractivity contribution in [2.75, 3.05) is 0 Å². The van der Waals surface area contributed by atoms with Gasteiger partial charge < -0.3 is 8.54 Å². The van der Waals surface area contributed by atoms with Crippen molar-refractivity contribution in [1.82, 2.24) is 0 Å². The monoisotopic (exact) mass is 246 g/mol. The third-order valence-corrected chi connectivity index (χ3v) is 7.75. The lowest BCUT2D eigenvalue weighted by Crippen LogP contribution is -2.43. The minimum absolute atomic E-state index is 0.313. The summed E-state index contributed by atoms with van der Waals surface area (Å²) in [6.07, 6.45) is 0.979. The Kier molecular flexibility index (Phi) is 6.08. The zero-order chi connectivity index (χ0) is 12.1. The van der Waals surface area contributed by atoms with Crippen LogP contribution in [-0.4, -0.2) is 23.6 Å². The van der Waals surface area contributed by atoms with Crippen molar-refractivity contribution in [3.63, 3.8) is 0 Å². The van der Waals surface area contributed by atoms with E-state index in [0.29, 0.717) is 5.57 Å². The average molecular weight is 246 g/mol. The Morgan fingerprint density at radius 3 is 2.33 bits per heavy atom. The molecule has 0 bridgehead atoms. The highest BCUT2D eigenvalue weighted by molar-refractivity contribution is 6.75. The van der Waals surface area contributed by atoms with Crippen LogP contribution in [0.1, 0.15) is 20.3 Å². The van der Waals surface area contributed by atoms with Crippen LogP contribution in [0.2, 0.25) is 25.7 Å². The second-order valence-electron chi connectivity index (χ2n) is 4.22. The maximum absolute atomic E-state index is 11.5. The van der Waals surface area contributed by atoms with E-state index in [1.165, 1.54) is 0 Å². The van der Waals surface area contributed by atoms with Gasteiger partial charge in [0.2, 0.25) is 0 Å². The summed E-state index contributed by atoms with van der Waals surface area (Å²) in [7, 11) is -3.45. The van der Waals surface area contributed by atoms with Gasteiger partial charge in [-0.2, -0.15) is 0 Å². The Labute approximate surface area is 95.5 Å². The first-order valence-corrected chi connectivity index (χ1v) is 10.7. The maximum atomic E-state index is 11.5. The van der Waals surface area contributed by atoms with Gasteiger partial charge >= 0.3 is 14.5 Å². The van der Waals surface area contributed by atoms with Crippen molar-refractivity contribution >= 4 is 23.6 Å². The summed E-state index contributed by atoms with van der Waals surface area (Å²) >= 11 is 0. The largest absolute Gasteiger partial charge is 0.492 e. The van der Waals surface area contributed by atoms with Crippen LogP contribution >= 0.6 is 0 Å². The van der Waals surface area contributed by atoms with Gasteiger partial charge in [0.05, 0.1) is 0 Å². The zero-order valence-electron chi connectivity index (χ0n) is 10.4. The summed E-state index contributed by atoms with van der Waals surface area (Å²) in [5, 5.41) is 0. The predicted octanol–water partition coefficient (Wildman–Crippen LogP) is 2.59. The van der Waals surface area contributed by atoms with Crippen LogP contribution < -0.4 is 0 Å². The average Bonchev–Trinajstić information content (AvgIpc) is 2.01. The first-order valence-electron chi connectivity index (χ1n) is 5.37. The quantitative estimate of drug-likeness (QED) is 0.534. The molecular formula is C10H22O3Si2. The molecule has 0 saturated carbocycles. The lowest BCUT2D eigenvalue weighted by Gasteiger charge is -2.28. The third-order valence-electron chi connectivity index (χ3n) is 1.85. The first-order chi connectivity index (χ1) is 6.80. The van der Waals surface area contributed by atoms with Crippen molar-refractivity contribution in [1.29, 1.82) is 0 Å². The Morgan fingerprint density at radius 2 is 2.00 bits per heavy atom. The first kappa shape index (κ1) is 14.6. The van der Waals surface area contributed by atoms with Gasteiger partial charge in [0.25, 0.3) is 0 Å². The summed E-state index contributed by atoms with van der Waals surface area (Å²) < 4.78 is 11.4. The molecule has 1 atom stereocenters. The standard InChI is InChI=1S/C10H22O3Si2/c1-7-8-15(6,13-14(4)5)12-10(11)9(2)3/h14H,2,7-8H2,1,3-6H3. The van der Waals surface area contributed by atoms with E-state index in [1.807, 2.05) is 6.55 Å². The molecule has 0 spiro atoms. The molecule has 0 aromatic carbocycles. The molecule has 0 fully saturated rings. The molecule has 0 saturated heterocycles. The Morgan fingerprint density at radius 1 is 1.47 bits per heavy atom. The van der Waals surface area contributed by atoms with Crippen LogP contribution in [0.15, 0.2) is 12.2 Å². The number of carbonyl (C=O) groups excluding carboxylic acids is 1. The van der Waals surface area contributed by atoms with Crippen molar-refractivity contribution in [3.8, 4) is 0 Å². The SMILES string of the molecule is C=C(C)C(=O)O[Si](C)(CCC)O[SiH](C)C. The third kappa shape index (κ3) is 5.91. The van der Waals surface area contributed by atoms with Gasteiger partial charge in [-0.1, -0.05) is 19.9 Å². The molecule has 0 rings (SSSR count). The molecule has 3 nitrogen and oxygen atoms in total. The van der Waals surface area contributed by atoms with Gasteiger partial charge in [-0.25, -0.2) is 4.79 Å². The smallest absolute Gasteiger partial charge is 0.388 e. The summed E-state index contributed by atoms with van der Waals surface area (Å²) in [6, 6.07) is 0.858. The van der Waals surface area contributed by atoms with Gasteiger partial charge in [-0.15, -0.1) is 0 Å². The number of hydrogen-bond acceptors (Lipinski definition) is 3. The maximum Gasteiger partial charge on any atom is 0.388 e. The van der Waals surface area contributed by atoms with Crippen LogP contribution in [0.3, 0.4) is 0 Å². The molecule has 0 aliphatic rings. The van der Waals surface area contributed by atoms with Crippen LogP contribution in [0.5, 0.6) is 0 Å². The molecule has 0 aromatic rings. The fourth-order valence-electron chi connectivity index (χ4n) is 1.37. The molecule has 0 heterocycles. The molecule has 0 aromatic heterocycles. The van der Waals surface area contributed by atoms with Crippen molar-refractivity contribution in [2.45, 2.75) is 46.0 Å². The number of carbonyl (C=O) groups is 1. The van der Waals surface area contributed by atoms with Gasteiger partial charge in [-0.05, 0) is 26.6 Å². The van der Waals surface area contributed by atoms with Crippen molar-refractivity contribution < 1.29 is 13.3 Å². The van der Waals surface area contributed by atoms with Crippen LogP contribution in [0, 0.1) is 0 Å². The Balaban J connectivity index is 4.49. The summed E-state index contributed by atoms with van der Waals surface area (Å²) in [5.41, 5.74) is 0.443. The second-order valence-corrected chi connectivity index (χ2v) is 10.2. The van der Waals surface area contributed by atoms with E-state index in [2.05, 4.69) is 26.6 Å². The minimum atomic E-state index is -2.29. The van der Waals surface area contributed by atoms with E-state index >= 15 is 0 Å². The fraction of sp³-hybridized carbons (Fsp3) is 0.700. The van der Waals surface area contributed by atoms with Crippen LogP contribution in [-0.2, 0) is 13.3 Å². The van der Waals surface area contributed by atoms with E-state index in [1.54, 1.807) is 6.92 Å². The molecule has 0 radical (unpaired) electrons. The zero-order valence-corrected chi connectivity index (χ0v) is 12.6. The van der Waals surface area contributed by atoms with E-state index in [4.69, 9.17) is 8.54 Å². The van der Waals surface area contributed by atoms with Gasteiger partial charge in [0, 0.05) is 11.6 Å². The van der Waals surface area contributed by atoms with Crippen LogP contribution in [0.4, 0.5) is 0 Å². The highest BCUT2D eigenvalue weighted by Crippen LogP contribution is 2.18. The van der Waals surface area contributed by atoms with Gasteiger partial charge in [0.1, 0.15) is 0 Å². The van der Waals surface area contributed by atoms with E-state index in [-0.39, 0.29) is 5.97 Å². The molecule has 88 valence electrons. The predicted molar refractivity (Wildman–Crippen MR) is 67.6 cm³/mol. The fourth-order valence-corrected chi connectivity index (χ4v) is 7.60. The lowest BCUT2D eigenvalue weighted by molar-refractivity contribution is -0.131. The molecule has 0 N–H and O–H groups in total. The molecule has 0 amide bonds. The summed E-state index contributed by atoms with van der Waals surface area (Å²) in [4.78, 5) is 11.5. The normalized spacial score (nSPS) is 14.8. The highest BCUT2D eigenvalue weighted by Gasteiger charge is 2.35.